The molecule has 0 fully saturated rings. The van der Waals surface area contributed by atoms with E-state index in [1.165, 1.54) is 7.11 Å². The van der Waals surface area contributed by atoms with Crippen LogP contribution in [0.5, 0.6) is 0 Å². The highest BCUT2D eigenvalue weighted by Crippen LogP contribution is 1.98. The van der Waals surface area contributed by atoms with Crippen molar-refractivity contribution in [2.75, 3.05) is 12.4 Å². The Labute approximate surface area is 76.2 Å². The monoisotopic (exact) mass is 181 g/mol. The number of carbonyl (C=O) groups excluding carboxylic acids is 1. The van der Waals surface area contributed by atoms with Crippen LogP contribution < -0.4 is 5.32 Å². The minimum atomic E-state index is -0.438. The molecule has 70 valence electrons. The summed E-state index contributed by atoms with van der Waals surface area (Å²) in [5.41, 5.74) is 0. The number of esters is 1. The maximum Gasteiger partial charge on any atom is 0.328 e. The van der Waals surface area contributed by atoms with Gasteiger partial charge in [-0.2, -0.15) is 0 Å². The lowest BCUT2D eigenvalue weighted by Crippen LogP contribution is -2.27. The summed E-state index contributed by atoms with van der Waals surface area (Å²) in [4.78, 5) is 18.8. The van der Waals surface area contributed by atoms with Crippen LogP contribution in [0, 0.1) is 0 Å². The van der Waals surface area contributed by atoms with E-state index in [1.807, 2.05) is 0 Å². The first-order valence-electron chi connectivity index (χ1n) is 3.85. The zero-order valence-corrected chi connectivity index (χ0v) is 7.52. The average Bonchev–Trinajstić information content (AvgIpc) is 2.18. The zero-order chi connectivity index (χ0) is 9.68. The van der Waals surface area contributed by atoms with Gasteiger partial charge in [0.25, 0.3) is 0 Å². The molecule has 1 heterocycles. The van der Waals surface area contributed by atoms with Crippen LogP contribution in [0.2, 0.25) is 0 Å². The lowest BCUT2D eigenvalue weighted by Gasteiger charge is -2.10. The Bertz CT molecular complexity index is 276. The van der Waals surface area contributed by atoms with Crippen LogP contribution in [-0.4, -0.2) is 29.1 Å². The quantitative estimate of drug-likeness (QED) is 0.686. The third-order valence-electron chi connectivity index (χ3n) is 1.47. The second kappa shape index (κ2) is 4.39. The normalized spacial score (nSPS) is 11.8. The number of carbonyl (C=O) groups is 1. The second-order valence-electron chi connectivity index (χ2n) is 2.46. The minimum absolute atomic E-state index is 0.340. The van der Waals surface area contributed by atoms with Crippen LogP contribution in [0.3, 0.4) is 0 Å². The first kappa shape index (κ1) is 9.44. The van der Waals surface area contributed by atoms with Crippen molar-refractivity contribution < 1.29 is 9.53 Å². The zero-order valence-electron chi connectivity index (χ0n) is 7.52. The predicted molar refractivity (Wildman–Crippen MR) is 47.1 cm³/mol. The van der Waals surface area contributed by atoms with Crippen LogP contribution >= 0.6 is 0 Å². The third-order valence-corrected chi connectivity index (χ3v) is 1.47. The van der Waals surface area contributed by atoms with Gasteiger partial charge in [-0.05, 0) is 13.0 Å². The molecular formula is C8H11N3O2. The van der Waals surface area contributed by atoms with Gasteiger partial charge >= 0.3 is 5.97 Å². The van der Waals surface area contributed by atoms with Gasteiger partial charge in [-0.25, -0.2) is 14.8 Å². The average molecular weight is 181 g/mol. The van der Waals surface area contributed by atoms with Crippen LogP contribution in [0.15, 0.2) is 18.5 Å². The van der Waals surface area contributed by atoms with Crippen molar-refractivity contribution in [1.29, 1.82) is 0 Å². The van der Waals surface area contributed by atoms with E-state index < -0.39 is 6.04 Å². The second-order valence-corrected chi connectivity index (χ2v) is 2.46. The summed E-state index contributed by atoms with van der Waals surface area (Å²) >= 11 is 0. The van der Waals surface area contributed by atoms with E-state index in [-0.39, 0.29) is 5.97 Å². The summed E-state index contributed by atoms with van der Waals surface area (Å²) in [5.74, 6) is 0.0767. The summed E-state index contributed by atoms with van der Waals surface area (Å²) < 4.78 is 4.53. The highest BCUT2D eigenvalue weighted by Gasteiger charge is 2.12. The first-order valence-corrected chi connectivity index (χ1v) is 3.85. The van der Waals surface area contributed by atoms with Crippen LogP contribution in [0.1, 0.15) is 6.92 Å². The lowest BCUT2D eigenvalue weighted by molar-refractivity contribution is -0.141. The van der Waals surface area contributed by atoms with E-state index in [2.05, 4.69) is 20.0 Å². The molecular weight excluding hydrogens is 170 g/mol. The molecule has 1 N–H and O–H groups in total. The molecule has 0 saturated carbocycles. The van der Waals surface area contributed by atoms with Gasteiger partial charge in [-0.1, -0.05) is 0 Å². The molecule has 0 bridgehead atoms. The number of hydrogen-bond acceptors (Lipinski definition) is 5. The fourth-order valence-corrected chi connectivity index (χ4v) is 0.803. The standard InChI is InChI=1S/C8H11N3O2/c1-6(7(12)13-2)11-8-9-4-3-5-10-8/h3-6H,1-2H3,(H,9,10,11)/t6-/m0/s1. The van der Waals surface area contributed by atoms with Crippen LogP contribution in [0.25, 0.3) is 0 Å². The van der Waals surface area contributed by atoms with Gasteiger partial charge in [0, 0.05) is 12.4 Å². The van der Waals surface area contributed by atoms with Crippen molar-refractivity contribution in [3.05, 3.63) is 18.5 Å². The Morgan fingerprint density at radius 1 is 1.54 bits per heavy atom. The van der Waals surface area contributed by atoms with Gasteiger partial charge in [0.15, 0.2) is 0 Å². The van der Waals surface area contributed by atoms with Crippen LogP contribution in [0.4, 0.5) is 5.95 Å². The number of nitrogens with zero attached hydrogens (tertiary/aromatic N) is 2. The molecule has 5 nitrogen and oxygen atoms in total. The molecule has 0 unspecified atom stereocenters. The molecule has 1 rings (SSSR count). The summed E-state index contributed by atoms with van der Waals surface area (Å²) in [6.45, 7) is 1.68. The number of ether oxygens (including phenoxy) is 1. The maximum atomic E-state index is 11.0. The molecule has 0 aromatic carbocycles. The smallest absolute Gasteiger partial charge is 0.328 e. The maximum absolute atomic E-state index is 11.0. The van der Waals surface area contributed by atoms with Crippen LogP contribution in [-0.2, 0) is 9.53 Å². The van der Waals surface area contributed by atoms with Gasteiger partial charge in [-0.15, -0.1) is 0 Å². The topological polar surface area (TPSA) is 64.1 Å². The Morgan fingerprint density at radius 3 is 2.69 bits per heavy atom. The fourth-order valence-electron chi connectivity index (χ4n) is 0.803. The molecule has 13 heavy (non-hydrogen) atoms. The number of hydrogen-bond donors (Lipinski definition) is 1. The molecule has 5 heteroatoms. The van der Waals surface area contributed by atoms with E-state index >= 15 is 0 Å². The van der Waals surface area contributed by atoms with Crippen molar-refractivity contribution >= 4 is 11.9 Å². The number of methoxy groups -OCH3 is 1. The van der Waals surface area contributed by atoms with Crippen molar-refractivity contribution in [1.82, 2.24) is 9.97 Å². The van der Waals surface area contributed by atoms with Gasteiger partial charge in [0.1, 0.15) is 6.04 Å². The highest BCUT2D eigenvalue weighted by atomic mass is 16.5. The molecule has 1 aromatic rings. The van der Waals surface area contributed by atoms with Crippen molar-refractivity contribution in [3.8, 4) is 0 Å². The van der Waals surface area contributed by atoms with Gasteiger partial charge in [0.05, 0.1) is 7.11 Å². The number of anilines is 1. The van der Waals surface area contributed by atoms with E-state index in [9.17, 15) is 4.79 Å². The van der Waals surface area contributed by atoms with E-state index in [0.29, 0.717) is 5.95 Å². The Hall–Kier alpha value is -1.65. The van der Waals surface area contributed by atoms with Crippen molar-refractivity contribution in [2.24, 2.45) is 0 Å². The molecule has 0 aliphatic rings. The molecule has 1 aromatic heterocycles. The van der Waals surface area contributed by atoms with E-state index in [0.717, 1.165) is 0 Å². The van der Waals surface area contributed by atoms with Gasteiger partial charge in [0.2, 0.25) is 5.95 Å². The third kappa shape index (κ3) is 2.70. The van der Waals surface area contributed by atoms with Gasteiger partial charge in [-0.3, -0.25) is 0 Å². The summed E-state index contributed by atoms with van der Waals surface area (Å²) in [6.07, 6.45) is 3.19. The number of aromatic nitrogens is 2. The molecule has 0 spiro atoms. The molecule has 1 atom stereocenters. The first-order chi connectivity index (χ1) is 6.24. The number of nitrogens with one attached hydrogen (secondary N) is 1. The van der Waals surface area contributed by atoms with Crippen molar-refractivity contribution in [2.45, 2.75) is 13.0 Å². The molecule has 0 radical (unpaired) electrons. The van der Waals surface area contributed by atoms with Crippen molar-refractivity contribution in [3.63, 3.8) is 0 Å². The summed E-state index contributed by atoms with van der Waals surface area (Å²) in [7, 11) is 1.34. The molecule has 0 saturated heterocycles. The number of rotatable bonds is 3. The Balaban J connectivity index is 2.55. The molecule has 0 amide bonds. The summed E-state index contributed by atoms with van der Waals surface area (Å²) in [5, 5.41) is 2.80. The SMILES string of the molecule is COC(=O)[C@H](C)Nc1ncccn1. The minimum Gasteiger partial charge on any atom is -0.467 e. The Kier molecular flexibility index (Phi) is 3.19. The molecule has 0 aliphatic carbocycles. The van der Waals surface area contributed by atoms with E-state index in [1.54, 1.807) is 25.4 Å². The van der Waals surface area contributed by atoms with E-state index in [4.69, 9.17) is 0 Å². The van der Waals surface area contributed by atoms with Gasteiger partial charge < -0.3 is 10.1 Å². The lowest BCUT2D eigenvalue weighted by atomic mass is 10.3. The largest absolute Gasteiger partial charge is 0.467 e. The predicted octanol–water partition coefficient (Wildman–Crippen LogP) is 0.450. The molecule has 0 aliphatic heterocycles. The summed E-state index contributed by atoms with van der Waals surface area (Å²) in [6, 6.07) is 1.26. The fraction of sp³-hybridized carbons (Fsp3) is 0.375. The Morgan fingerprint density at radius 2 is 2.15 bits per heavy atom. The highest BCUT2D eigenvalue weighted by molar-refractivity contribution is 5.77.